The zero-order valence-electron chi connectivity index (χ0n) is 12.8. The van der Waals surface area contributed by atoms with Gasteiger partial charge in [-0.2, -0.15) is 0 Å². The van der Waals surface area contributed by atoms with Crippen LogP contribution in [0.1, 0.15) is 44.5 Å². The van der Waals surface area contributed by atoms with E-state index in [1.807, 2.05) is 20.8 Å². The van der Waals surface area contributed by atoms with Crippen molar-refractivity contribution in [1.29, 1.82) is 0 Å². The summed E-state index contributed by atoms with van der Waals surface area (Å²) in [6.07, 6.45) is 4.05. The lowest BCUT2D eigenvalue weighted by Gasteiger charge is -2.28. The zero-order valence-corrected chi connectivity index (χ0v) is 14.5. The summed E-state index contributed by atoms with van der Waals surface area (Å²) in [7, 11) is 0. The summed E-state index contributed by atoms with van der Waals surface area (Å²) in [5.41, 5.74) is -0.561. The van der Waals surface area contributed by atoms with Gasteiger partial charge in [-0.3, -0.25) is 10.1 Å². The van der Waals surface area contributed by atoms with E-state index in [0.717, 1.165) is 40.8 Å². The van der Waals surface area contributed by atoms with Gasteiger partial charge in [-0.15, -0.1) is 10.2 Å². The third-order valence-electron chi connectivity index (χ3n) is 3.38. The molecule has 1 heterocycles. The Kier molecular flexibility index (Phi) is 6.01. The van der Waals surface area contributed by atoms with E-state index < -0.39 is 5.54 Å². The van der Waals surface area contributed by atoms with Crippen LogP contribution < -0.4 is 5.32 Å². The molecule has 0 saturated heterocycles. The Balaban J connectivity index is 1.79. The fourth-order valence-corrected chi connectivity index (χ4v) is 3.95. The first-order chi connectivity index (χ1) is 10.0. The van der Waals surface area contributed by atoms with Gasteiger partial charge >= 0.3 is 5.97 Å². The largest absolute Gasteiger partial charge is 0.465 e. The molecule has 1 aliphatic rings. The predicted octanol–water partition coefficient (Wildman–Crippen LogP) is 2.79. The van der Waals surface area contributed by atoms with Gasteiger partial charge in [-0.05, 0) is 46.5 Å². The van der Waals surface area contributed by atoms with E-state index in [9.17, 15) is 4.79 Å². The summed E-state index contributed by atoms with van der Waals surface area (Å²) in [5.74, 6) is 0.810. The van der Waals surface area contributed by atoms with E-state index in [2.05, 4.69) is 15.5 Å². The molecule has 0 aromatic carbocycles. The van der Waals surface area contributed by atoms with E-state index in [4.69, 9.17) is 4.74 Å². The molecule has 1 saturated carbocycles. The molecule has 1 fully saturated rings. The number of ether oxygens (including phenoxy) is 1. The van der Waals surface area contributed by atoms with E-state index in [-0.39, 0.29) is 5.97 Å². The molecule has 21 heavy (non-hydrogen) atoms. The number of nitrogens with one attached hydrogen (secondary N) is 1. The normalized spacial score (nSPS) is 17.5. The van der Waals surface area contributed by atoms with Crippen LogP contribution in [0.25, 0.3) is 0 Å². The van der Waals surface area contributed by atoms with Crippen molar-refractivity contribution in [3.05, 3.63) is 5.01 Å². The number of carbonyl (C=O) groups excluding carboxylic acids is 1. The molecule has 2 rings (SSSR count). The molecule has 1 aromatic heterocycles. The molecular weight excluding hydrogens is 306 g/mol. The summed E-state index contributed by atoms with van der Waals surface area (Å²) >= 11 is 3.32. The standard InChI is InChI=1S/C14H23N3O2S2/c1-4-19-12(18)14(3,15-11-6-7-11)8-5-9-20-13-17-16-10(2)21-13/h11,15H,4-9H2,1-3H3. The Morgan fingerprint density at radius 1 is 1.52 bits per heavy atom. The first kappa shape index (κ1) is 16.7. The molecule has 1 N–H and O–H groups in total. The van der Waals surface area contributed by atoms with Crippen molar-refractivity contribution < 1.29 is 9.53 Å². The van der Waals surface area contributed by atoms with Crippen LogP contribution in [0.15, 0.2) is 4.34 Å². The van der Waals surface area contributed by atoms with Gasteiger partial charge < -0.3 is 4.74 Å². The number of rotatable bonds is 9. The van der Waals surface area contributed by atoms with E-state index in [0.29, 0.717) is 12.6 Å². The molecule has 7 heteroatoms. The van der Waals surface area contributed by atoms with E-state index >= 15 is 0 Å². The first-order valence-electron chi connectivity index (χ1n) is 7.41. The number of esters is 1. The Labute approximate surface area is 134 Å². The van der Waals surface area contributed by atoms with Gasteiger partial charge in [0.2, 0.25) is 0 Å². The molecular formula is C14H23N3O2S2. The summed E-state index contributed by atoms with van der Waals surface area (Å²) < 4.78 is 6.23. The molecule has 1 aromatic rings. The van der Waals surface area contributed by atoms with Crippen molar-refractivity contribution in [3.63, 3.8) is 0 Å². The van der Waals surface area contributed by atoms with Crippen molar-refractivity contribution >= 4 is 29.1 Å². The van der Waals surface area contributed by atoms with Crippen LogP contribution in [0, 0.1) is 6.92 Å². The van der Waals surface area contributed by atoms with Gasteiger partial charge in [0.1, 0.15) is 10.5 Å². The SMILES string of the molecule is CCOC(=O)C(C)(CCCSc1nnc(C)s1)NC1CC1. The van der Waals surface area contributed by atoms with Gasteiger partial charge in [-0.1, -0.05) is 23.1 Å². The Bertz CT molecular complexity index is 477. The molecule has 1 unspecified atom stereocenters. The minimum Gasteiger partial charge on any atom is -0.465 e. The third-order valence-corrected chi connectivity index (χ3v) is 5.44. The molecule has 0 amide bonds. The maximum absolute atomic E-state index is 12.2. The molecule has 0 spiro atoms. The average molecular weight is 329 g/mol. The van der Waals surface area contributed by atoms with Crippen molar-refractivity contribution in [2.75, 3.05) is 12.4 Å². The van der Waals surface area contributed by atoms with E-state index in [1.54, 1.807) is 23.1 Å². The maximum Gasteiger partial charge on any atom is 0.326 e. The lowest BCUT2D eigenvalue weighted by molar-refractivity contribution is -0.151. The average Bonchev–Trinajstić information content (AvgIpc) is 3.15. The molecule has 1 aliphatic carbocycles. The quantitative estimate of drug-likeness (QED) is 0.427. The summed E-state index contributed by atoms with van der Waals surface area (Å²) in [6, 6.07) is 0.484. The Morgan fingerprint density at radius 3 is 2.86 bits per heavy atom. The fourth-order valence-electron chi connectivity index (χ4n) is 2.12. The van der Waals surface area contributed by atoms with Crippen LogP contribution in [0.5, 0.6) is 0 Å². The van der Waals surface area contributed by atoms with Gasteiger partial charge in [0.15, 0.2) is 4.34 Å². The van der Waals surface area contributed by atoms with Gasteiger partial charge in [0.05, 0.1) is 6.61 Å². The highest BCUT2D eigenvalue weighted by Crippen LogP contribution is 2.28. The summed E-state index contributed by atoms with van der Waals surface area (Å²) in [6.45, 7) is 6.20. The molecule has 0 aliphatic heterocycles. The second kappa shape index (κ2) is 7.56. The predicted molar refractivity (Wildman–Crippen MR) is 85.8 cm³/mol. The van der Waals surface area contributed by atoms with Crippen molar-refractivity contribution in [3.8, 4) is 0 Å². The summed E-state index contributed by atoms with van der Waals surface area (Å²) in [5, 5.41) is 12.5. The van der Waals surface area contributed by atoms with Crippen LogP contribution in [-0.2, 0) is 9.53 Å². The van der Waals surface area contributed by atoms with Crippen LogP contribution >= 0.6 is 23.1 Å². The summed E-state index contributed by atoms with van der Waals surface area (Å²) in [4.78, 5) is 12.2. The molecule has 0 radical (unpaired) electrons. The number of carbonyl (C=O) groups is 1. The molecule has 1 atom stereocenters. The lowest BCUT2D eigenvalue weighted by atomic mass is 9.96. The second-order valence-electron chi connectivity index (χ2n) is 5.51. The number of nitrogens with zero attached hydrogens (tertiary/aromatic N) is 2. The van der Waals surface area contributed by atoms with Crippen molar-refractivity contribution in [2.45, 2.75) is 62.4 Å². The smallest absolute Gasteiger partial charge is 0.326 e. The Morgan fingerprint density at radius 2 is 2.29 bits per heavy atom. The van der Waals surface area contributed by atoms with Crippen molar-refractivity contribution in [1.82, 2.24) is 15.5 Å². The van der Waals surface area contributed by atoms with E-state index in [1.165, 1.54) is 0 Å². The van der Waals surface area contributed by atoms with Crippen molar-refractivity contribution in [2.24, 2.45) is 0 Å². The lowest BCUT2D eigenvalue weighted by Crippen LogP contribution is -2.51. The van der Waals surface area contributed by atoms with Crippen LogP contribution in [0.2, 0.25) is 0 Å². The van der Waals surface area contributed by atoms with Gasteiger partial charge in [0, 0.05) is 11.8 Å². The molecule has 0 bridgehead atoms. The van der Waals surface area contributed by atoms with Gasteiger partial charge in [0.25, 0.3) is 0 Å². The number of aryl methyl sites for hydroxylation is 1. The number of hydrogen-bond donors (Lipinski definition) is 1. The zero-order chi connectivity index (χ0) is 15.3. The number of hydrogen-bond acceptors (Lipinski definition) is 7. The maximum atomic E-state index is 12.2. The Hall–Kier alpha value is -0.660. The third kappa shape index (κ3) is 5.23. The number of thioether (sulfide) groups is 1. The van der Waals surface area contributed by atoms with Crippen LogP contribution in [-0.4, -0.2) is 40.1 Å². The fraction of sp³-hybridized carbons (Fsp3) is 0.786. The van der Waals surface area contributed by atoms with Crippen LogP contribution in [0.4, 0.5) is 0 Å². The minimum absolute atomic E-state index is 0.131. The highest BCUT2D eigenvalue weighted by molar-refractivity contribution is 8.01. The van der Waals surface area contributed by atoms with Crippen LogP contribution in [0.3, 0.4) is 0 Å². The second-order valence-corrected chi connectivity index (χ2v) is 8.03. The highest BCUT2D eigenvalue weighted by Gasteiger charge is 2.39. The highest BCUT2D eigenvalue weighted by atomic mass is 32.2. The minimum atomic E-state index is -0.561. The van der Waals surface area contributed by atoms with Gasteiger partial charge in [-0.25, -0.2) is 0 Å². The topological polar surface area (TPSA) is 64.1 Å². The molecule has 118 valence electrons. The first-order valence-corrected chi connectivity index (χ1v) is 9.21. The monoisotopic (exact) mass is 329 g/mol. The molecule has 5 nitrogen and oxygen atoms in total. The number of aromatic nitrogens is 2.